The van der Waals surface area contributed by atoms with Gasteiger partial charge in [0.25, 0.3) is 0 Å². The zero-order valence-corrected chi connectivity index (χ0v) is 13.8. The SMILES string of the molecule is CN(CC1CCCC1)C(CN)c1cc(Cl)ccc1Br. The third-order valence-corrected chi connectivity index (χ3v) is 5.05. The van der Waals surface area contributed by atoms with Crippen LogP contribution in [0.25, 0.3) is 0 Å². The van der Waals surface area contributed by atoms with Gasteiger partial charge in [-0.2, -0.15) is 0 Å². The molecule has 1 unspecified atom stereocenters. The fourth-order valence-corrected chi connectivity index (χ4v) is 3.73. The molecule has 1 saturated carbocycles. The van der Waals surface area contributed by atoms with Gasteiger partial charge < -0.3 is 5.73 Å². The summed E-state index contributed by atoms with van der Waals surface area (Å²) in [7, 11) is 2.17. The van der Waals surface area contributed by atoms with E-state index in [9.17, 15) is 0 Å². The second-order valence-electron chi connectivity index (χ2n) is 5.51. The van der Waals surface area contributed by atoms with E-state index in [0.717, 1.165) is 22.0 Å². The maximum atomic E-state index is 6.11. The van der Waals surface area contributed by atoms with Crippen molar-refractivity contribution in [1.82, 2.24) is 4.90 Å². The largest absolute Gasteiger partial charge is 0.329 e. The summed E-state index contributed by atoms with van der Waals surface area (Å²) >= 11 is 9.72. The van der Waals surface area contributed by atoms with Gasteiger partial charge in [-0.3, -0.25) is 4.90 Å². The molecule has 0 radical (unpaired) electrons. The molecular formula is C15H22BrClN2. The molecule has 19 heavy (non-hydrogen) atoms. The van der Waals surface area contributed by atoms with E-state index in [4.69, 9.17) is 17.3 Å². The molecule has 1 atom stereocenters. The van der Waals surface area contributed by atoms with Crippen molar-refractivity contribution >= 4 is 27.5 Å². The van der Waals surface area contributed by atoms with E-state index in [2.05, 4.69) is 27.9 Å². The van der Waals surface area contributed by atoms with Gasteiger partial charge in [0, 0.05) is 28.6 Å². The zero-order valence-electron chi connectivity index (χ0n) is 11.4. The lowest BCUT2D eigenvalue weighted by molar-refractivity contribution is 0.212. The number of halogens is 2. The van der Waals surface area contributed by atoms with Gasteiger partial charge in [-0.1, -0.05) is 40.4 Å². The zero-order chi connectivity index (χ0) is 13.8. The van der Waals surface area contributed by atoms with Crippen LogP contribution < -0.4 is 5.73 Å². The molecule has 1 aromatic carbocycles. The van der Waals surface area contributed by atoms with Gasteiger partial charge in [0.15, 0.2) is 0 Å². The summed E-state index contributed by atoms with van der Waals surface area (Å²) < 4.78 is 1.09. The summed E-state index contributed by atoms with van der Waals surface area (Å²) in [5, 5.41) is 0.769. The minimum Gasteiger partial charge on any atom is -0.329 e. The Hall–Kier alpha value is -0.0900. The van der Waals surface area contributed by atoms with Gasteiger partial charge in [0.2, 0.25) is 0 Å². The molecule has 1 aromatic rings. The van der Waals surface area contributed by atoms with E-state index < -0.39 is 0 Å². The Balaban J connectivity index is 2.11. The normalized spacial score (nSPS) is 18.2. The Morgan fingerprint density at radius 2 is 2.11 bits per heavy atom. The first-order valence-corrected chi connectivity index (χ1v) is 8.14. The van der Waals surface area contributed by atoms with Crippen LogP contribution >= 0.6 is 27.5 Å². The minimum absolute atomic E-state index is 0.230. The smallest absolute Gasteiger partial charge is 0.0479 e. The van der Waals surface area contributed by atoms with Crippen molar-refractivity contribution in [3.63, 3.8) is 0 Å². The van der Waals surface area contributed by atoms with Gasteiger partial charge in [0.05, 0.1) is 0 Å². The Kier molecular flexibility index (Phi) is 5.70. The summed E-state index contributed by atoms with van der Waals surface area (Å²) in [6, 6.07) is 6.16. The number of nitrogens with zero attached hydrogens (tertiary/aromatic N) is 1. The molecule has 106 valence electrons. The number of benzene rings is 1. The molecule has 4 heteroatoms. The lowest BCUT2D eigenvalue weighted by Crippen LogP contribution is -2.34. The molecule has 0 aromatic heterocycles. The highest BCUT2D eigenvalue weighted by Crippen LogP contribution is 2.32. The van der Waals surface area contributed by atoms with Crippen LogP contribution in [0.3, 0.4) is 0 Å². The summed E-state index contributed by atoms with van der Waals surface area (Å²) in [6.07, 6.45) is 5.48. The van der Waals surface area contributed by atoms with Gasteiger partial charge in [-0.25, -0.2) is 0 Å². The van der Waals surface area contributed by atoms with Gasteiger partial charge >= 0.3 is 0 Å². The van der Waals surface area contributed by atoms with Crippen LogP contribution in [0, 0.1) is 5.92 Å². The molecule has 1 aliphatic rings. The van der Waals surface area contributed by atoms with Crippen LogP contribution in [0.1, 0.15) is 37.3 Å². The van der Waals surface area contributed by atoms with E-state index >= 15 is 0 Å². The summed E-state index contributed by atoms with van der Waals surface area (Å²) in [6.45, 7) is 1.74. The van der Waals surface area contributed by atoms with Gasteiger partial charge in [0.1, 0.15) is 0 Å². The van der Waals surface area contributed by atoms with Crippen molar-refractivity contribution in [2.75, 3.05) is 20.1 Å². The summed E-state index contributed by atoms with van der Waals surface area (Å²) in [5.74, 6) is 0.831. The molecule has 2 nitrogen and oxygen atoms in total. The molecule has 1 fully saturated rings. The first kappa shape index (κ1) is 15.3. The quantitative estimate of drug-likeness (QED) is 0.865. The fraction of sp³-hybridized carbons (Fsp3) is 0.600. The van der Waals surface area contributed by atoms with Crippen LogP contribution in [-0.4, -0.2) is 25.0 Å². The van der Waals surface area contributed by atoms with E-state index in [-0.39, 0.29) is 6.04 Å². The lowest BCUT2D eigenvalue weighted by Gasteiger charge is -2.30. The standard InChI is InChI=1S/C15H22BrClN2/c1-19(10-11-4-2-3-5-11)15(9-18)13-8-12(17)6-7-14(13)16/h6-8,11,15H,2-5,9-10,18H2,1H3. The Bertz CT molecular complexity index is 419. The third kappa shape index (κ3) is 3.94. The Morgan fingerprint density at radius 1 is 1.42 bits per heavy atom. The lowest BCUT2D eigenvalue weighted by atomic mass is 10.0. The molecular weight excluding hydrogens is 324 g/mol. The molecule has 2 N–H and O–H groups in total. The molecule has 1 aliphatic carbocycles. The maximum Gasteiger partial charge on any atom is 0.0479 e. The Morgan fingerprint density at radius 3 is 2.74 bits per heavy atom. The average molecular weight is 346 g/mol. The highest BCUT2D eigenvalue weighted by Gasteiger charge is 2.23. The monoisotopic (exact) mass is 344 g/mol. The summed E-state index contributed by atoms with van der Waals surface area (Å²) in [5.41, 5.74) is 7.18. The number of rotatable bonds is 5. The number of hydrogen-bond acceptors (Lipinski definition) is 2. The first-order chi connectivity index (χ1) is 9.11. The maximum absolute atomic E-state index is 6.11. The minimum atomic E-state index is 0.230. The van der Waals surface area contributed by atoms with E-state index in [1.807, 2.05) is 18.2 Å². The van der Waals surface area contributed by atoms with Crippen molar-refractivity contribution in [2.45, 2.75) is 31.7 Å². The van der Waals surface area contributed by atoms with Crippen molar-refractivity contribution in [3.8, 4) is 0 Å². The second kappa shape index (κ2) is 7.07. The molecule has 0 bridgehead atoms. The second-order valence-corrected chi connectivity index (χ2v) is 6.80. The topological polar surface area (TPSA) is 29.3 Å². The average Bonchev–Trinajstić information content (AvgIpc) is 2.87. The van der Waals surface area contributed by atoms with E-state index in [1.165, 1.54) is 31.2 Å². The third-order valence-electron chi connectivity index (χ3n) is 4.09. The molecule has 0 spiro atoms. The van der Waals surface area contributed by atoms with Crippen LogP contribution in [0.2, 0.25) is 5.02 Å². The van der Waals surface area contributed by atoms with Crippen LogP contribution in [0.5, 0.6) is 0 Å². The number of likely N-dealkylation sites (N-methyl/N-ethyl adjacent to an activating group) is 1. The number of hydrogen-bond donors (Lipinski definition) is 1. The Labute approximate surface area is 129 Å². The van der Waals surface area contributed by atoms with E-state index in [0.29, 0.717) is 6.54 Å². The van der Waals surface area contributed by atoms with Crippen molar-refractivity contribution in [3.05, 3.63) is 33.3 Å². The van der Waals surface area contributed by atoms with Crippen LogP contribution in [0.4, 0.5) is 0 Å². The predicted octanol–water partition coefficient (Wildman–Crippen LogP) is 4.22. The summed E-state index contributed by atoms with van der Waals surface area (Å²) in [4.78, 5) is 2.38. The highest BCUT2D eigenvalue weighted by molar-refractivity contribution is 9.10. The molecule has 0 saturated heterocycles. The van der Waals surface area contributed by atoms with E-state index in [1.54, 1.807) is 0 Å². The van der Waals surface area contributed by atoms with Crippen molar-refractivity contribution < 1.29 is 0 Å². The van der Waals surface area contributed by atoms with Crippen LogP contribution in [0.15, 0.2) is 22.7 Å². The number of nitrogens with two attached hydrogens (primary N) is 1. The molecule has 2 rings (SSSR count). The molecule has 0 heterocycles. The van der Waals surface area contributed by atoms with Crippen molar-refractivity contribution in [2.24, 2.45) is 11.7 Å². The van der Waals surface area contributed by atoms with Crippen molar-refractivity contribution in [1.29, 1.82) is 0 Å². The van der Waals surface area contributed by atoms with Crippen LogP contribution in [-0.2, 0) is 0 Å². The fourth-order valence-electron chi connectivity index (χ4n) is 3.04. The highest BCUT2D eigenvalue weighted by atomic mass is 79.9. The van der Waals surface area contributed by atoms with Gasteiger partial charge in [-0.05, 0) is 49.6 Å². The first-order valence-electron chi connectivity index (χ1n) is 6.97. The predicted molar refractivity (Wildman–Crippen MR) is 85.5 cm³/mol. The van der Waals surface area contributed by atoms with Gasteiger partial charge in [-0.15, -0.1) is 0 Å². The molecule has 0 amide bonds. The molecule has 0 aliphatic heterocycles.